The number of nitrogens with one attached hydrogen (secondary N) is 2. The van der Waals surface area contributed by atoms with Gasteiger partial charge in [-0.3, -0.25) is 14.4 Å². The average Bonchev–Trinajstić information content (AvgIpc) is 3.60. The van der Waals surface area contributed by atoms with Gasteiger partial charge in [0.2, 0.25) is 12.8 Å². The zero-order chi connectivity index (χ0) is 30.8. The number of piperazine rings is 1. The second kappa shape index (κ2) is 12.7. The van der Waals surface area contributed by atoms with E-state index in [-0.39, 0.29) is 39.7 Å². The standard InChI is InChI=1S/C29H31ClF2N6O5/c1-16-11-17(3-4-19(16)28(41)37-7-9-38(10-8-37)29(42)21-12-18(39)13-33-21)35-27(40)26-34-14-22(36(26)2)20-5-6-23(43-15-31)24(30)25(20)32/h3-6,11,14,18,21,33,39H,7-10,12-13,15H2,1-2H3,(H,35,40)/t18-,21+/m1/s1. The minimum absolute atomic E-state index is 0.00199. The molecule has 0 aliphatic carbocycles. The number of carbonyl (C=O) groups is 3. The molecule has 2 aromatic carbocycles. The Morgan fingerprint density at radius 2 is 1.88 bits per heavy atom. The fraction of sp³-hybridized carbons (Fsp3) is 0.379. The predicted octanol–water partition coefficient (Wildman–Crippen LogP) is 2.75. The molecule has 0 bridgehead atoms. The topological polar surface area (TPSA) is 129 Å². The molecule has 0 radical (unpaired) electrons. The van der Waals surface area contributed by atoms with Gasteiger partial charge in [-0.1, -0.05) is 11.6 Å². The third-order valence-corrected chi connectivity index (χ3v) is 8.08. The van der Waals surface area contributed by atoms with Crippen molar-refractivity contribution in [2.45, 2.75) is 25.5 Å². The number of β-amino-alcohol motifs (C(OH)–C–C–N with tert-alkyl or cyclic N) is 1. The summed E-state index contributed by atoms with van der Waals surface area (Å²) in [7, 11) is 1.55. The van der Waals surface area contributed by atoms with Gasteiger partial charge in [0.1, 0.15) is 10.8 Å². The molecule has 2 fully saturated rings. The fourth-order valence-electron chi connectivity index (χ4n) is 5.36. The number of hydrogen-bond donors (Lipinski definition) is 3. The lowest BCUT2D eigenvalue weighted by Crippen LogP contribution is -2.54. The van der Waals surface area contributed by atoms with E-state index >= 15 is 0 Å². The molecular weight excluding hydrogens is 586 g/mol. The summed E-state index contributed by atoms with van der Waals surface area (Å²) in [5.74, 6) is -1.76. The van der Waals surface area contributed by atoms with Crippen LogP contribution in [-0.2, 0) is 11.8 Å². The van der Waals surface area contributed by atoms with Crippen LogP contribution in [0.3, 0.4) is 0 Å². The second-order valence-electron chi connectivity index (χ2n) is 10.5. The van der Waals surface area contributed by atoms with Crippen LogP contribution < -0.4 is 15.4 Å². The summed E-state index contributed by atoms with van der Waals surface area (Å²) in [6.45, 7) is 2.59. The number of halogens is 3. The smallest absolute Gasteiger partial charge is 0.291 e. The number of aliphatic hydroxyl groups excluding tert-OH is 1. The van der Waals surface area contributed by atoms with Crippen molar-refractivity contribution in [3.63, 3.8) is 0 Å². The summed E-state index contributed by atoms with van der Waals surface area (Å²) in [6.07, 6.45) is 1.20. The van der Waals surface area contributed by atoms with E-state index in [1.54, 1.807) is 42.0 Å². The van der Waals surface area contributed by atoms with Crippen LogP contribution >= 0.6 is 11.6 Å². The molecule has 3 aromatic rings. The van der Waals surface area contributed by atoms with E-state index in [0.717, 1.165) is 0 Å². The van der Waals surface area contributed by atoms with Gasteiger partial charge in [0.15, 0.2) is 11.6 Å². The van der Waals surface area contributed by atoms with Gasteiger partial charge in [-0.25, -0.2) is 13.8 Å². The van der Waals surface area contributed by atoms with Crippen molar-refractivity contribution in [2.24, 2.45) is 7.05 Å². The molecule has 43 heavy (non-hydrogen) atoms. The molecule has 3 heterocycles. The first-order valence-electron chi connectivity index (χ1n) is 13.7. The van der Waals surface area contributed by atoms with Crippen LogP contribution in [0.15, 0.2) is 36.5 Å². The minimum Gasteiger partial charge on any atom is -0.461 e. The number of nitrogens with zero attached hydrogens (tertiary/aromatic N) is 4. The monoisotopic (exact) mass is 616 g/mol. The summed E-state index contributed by atoms with van der Waals surface area (Å²) in [4.78, 5) is 46.5. The summed E-state index contributed by atoms with van der Waals surface area (Å²) < 4.78 is 33.5. The highest BCUT2D eigenvalue weighted by molar-refractivity contribution is 6.32. The SMILES string of the molecule is Cc1cc(NC(=O)c2ncc(-c3ccc(OCF)c(Cl)c3F)n2C)ccc1C(=O)N1CCN(C(=O)[C@@H]2C[C@@H](O)CN2)CC1. The van der Waals surface area contributed by atoms with Gasteiger partial charge >= 0.3 is 0 Å². The number of benzene rings is 2. The number of anilines is 1. The second-order valence-corrected chi connectivity index (χ2v) is 10.8. The molecule has 0 saturated carbocycles. The van der Waals surface area contributed by atoms with Crippen molar-refractivity contribution in [3.05, 3.63) is 64.3 Å². The van der Waals surface area contributed by atoms with Crippen molar-refractivity contribution in [1.29, 1.82) is 0 Å². The summed E-state index contributed by atoms with van der Waals surface area (Å²) in [5, 5.41) is 15.1. The highest BCUT2D eigenvalue weighted by atomic mass is 35.5. The Kier molecular flexibility index (Phi) is 8.95. The maximum absolute atomic E-state index is 14.9. The van der Waals surface area contributed by atoms with Crippen molar-refractivity contribution >= 4 is 35.0 Å². The summed E-state index contributed by atoms with van der Waals surface area (Å²) in [6, 6.07) is 7.22. The fourth-order valence-corrected chi connectivity index (χ4v) is 5.58. The number of amides is 3. The maximum Gasteiger partial charge on any atom is 0.291 e. The molecule has 2 aliphatic rings. The molecule has 2 atom stereocenters. The van der Waals surface area contributed by atoms with Crippen LogP contribution in [0, 0.1) is 12.7 Å². The molecule has 11 nitrogen and oxygen atoms in total. The Labute approximate surface area is 251 Å². The number of alkyl halides is 1. The lowest BCUT2D eigenvalue weighted by molar-refractivity contribution is -0.134. The zero-order valence-corrected chi connectivity index (χ0v) is 24.3. The molecule has 2 saturated heterocycles. The summed E-state index contributed by atoms with van der Waals surface area (Å²) in [5.41, 5.74) is 1.89. The maximum atomic E-state index is 14.9. The van der Waals surface area contributed by atoms with Crippen molar-refractivity contribution in [2.75, 3.05) is 44.9 Å². The zero-order valence-electron chi connectivity index (χ0n) is 23.6. The Hall–Kier alpha value is -4.07. The quantitative estimate of drug-likeness (QED) is 0.372. The molecule has 3 N–H and O–H groups in total. The number of aromatic nitrogens is 2. The highest BCUT2D eigenvalue weighted by Crippen LogP contribution is 2.35. The Morgan fingerprint density at radius 1 is 1.16 bits per heavy atom. The number of rotatable bonds is 7. The Bertz CT molecular complexity index is 1560. The average molecular weight is 617 g/mol. The number of carbonyl (C=O) groups excluding carboxylic acids is 3. The first kappa shape index (κ1) is 30.4. The van der Waals surface area contributed by atoms with Gasteiger partial charge in [-0.15, -0.1) is 0 Å². The lowest BCUT2D eigenvalue weighted by Gasteiger charge is -2.36. The molecule has 2 aliphatic heterocycles. The number of aliphatic hydroxyl groups is 1. The van der Waals surface area contributed by atoms with Gasteiger partial charge < -0.3 is 34.8 Å². The van der Waals surface area contributed by atoms with Crippen LogP contribution in [0.25, 0.3) is 11.3 Å². The molecule has 0 spiro atoms. The number of hydrogen-bond acceptors (Lipinski definition) is 7. The number of imidazole rings is 1. The normalized spacial score (nSPS) is 18.6. The minimum atomic E-state index is -1.16. The van der Waals surface area contributed by atoms with Crippen LogP contribution in [-0.4, -0.2) is 93.9 Å². The van der Waals surface area contributed by atoms with E-state index in [2.05, 4.69) is 20.4 Å². The first-order valence-corrected chi connectivity index (χ1v) is 14.1. The predicted molar refractivity (Wildman–Crippen MR) is 154 cm³/mol. The van der Waals surface area contributed by atoms with E-state index < -0.39 is 30.7 Å². The summed E-state index contributed by atoms with van der Waals surface area (Å²) >= 11 is 5.97. The molecule has 14 heteroatoms. The van der Waals surface area contributed by atoms with Gasteiger partial charge in [0, 0.05) is 56.6 Å². The van der Waals surface area contributed by atoms with Crippen molar-refractivity contribution < 1.29 is 33.0 Å². The van der Waals surface area contributed by atoms with Gasteiger partial charge in [0.25, 0.3) is 11.8 Å². The van der Waals surface area contributed by atoms with Crippen LogP contribution in [0.1, 0.15) is 33.0 Å². The van der Waals surface area contributed by atoms with Crippen LogP contribution in [0.2, 0.25) is 5.02 Å². The van der Waals surface area contributed by atoms with Crippen LogP contribution in [0.5, 0.6) is 5.75 Å². The van der Waals surface area contributed by atoms with Gasteiger partial charge in [-0.2, -0.15) is 0 Å². The largest absolute Gasteiger partial charge is 0.461 e. The molecule has 5 rings (SSSR count). The number of aryl methyl sites for hydroxylation is 1. The molecule has 1 aromatic heterocycles. The highest BCUT2D eigenvalue weighted by Gasteiger charge is 2.33. The molecule has 228 valence electrons. The third kappa shape index (κ3) is 6.19. The van der Waals surface area contributed by atoms with E-state index in [9.17, 15) is 28.3 Å². The van der Waals surface area contributed by atoms with E-state index in [1.807, 2.05) is 0 Å². The molecular formula is C29H31ClF2N6O5. The molecule has 0 unspecified atom stereocenters. The van der Waals surface area contributed by atoms with E-state index in [0.29, 0.717) is 56.0 Å². The Morgan fingerprint density at radius 3 is 2.53 bits per heavy atom. The van der Waals surface area contributed by atoms with Crippen molar-refractivity contribution in [1.82, 2.24) is 24.7 Å². The van der Waals surface area contributed by atoms with Crippen molar-refractivity contribution in [3.8, 4) is 17.0 Å². The molecule has 3 amide bonds. The Balaban J connectivity index is 1.22. The lowest BCUT2D eigenvalue weighted by atomic mass is 10.1. The van der Waals surface area contributed by atoms with Gasteiger partial charge in [-0.05, 0) is 49.2 Å². The van der Waals surface area contributed by atoms with Crippen LogP contribution in [0.4, 0.5) is 14.5 Å². The van der Waals surface area contributed by atoms with E-state index in [4.69, 9.17) is 11.6 Å². The number of ether oxygens (including phenoxy) is 1. The first-order chi connectivity index (χ1) is 20.6. The third-order valence-electron chi connectivity index (χ3n) is 7.72. The van der Waals surface area contributed by atoms with Gasteiger partial charge in [0.05, 0.1) is 24.0 Å². The van der Waals surface area contributed by atoms with E-state index in [1.165, 1.54) is 22.9 Å².